The molecule has 4 amide bonds. The maximum atomic E-state index is 12.7. The highest BCUT2D eigenvalue weighted by Crippen LogP contribution is 2.23. The van der Waals surface area contributed by atoms with E-state index in [-0.39, 0.29) is 11.5 Å². The number of sulfone groups is 1. The number of carbonyl (C=O) groups excluding carboxylic acids is 3. The molecule has 2 aliphatic rings. The molecule has 2 heterocycles. The molecular formula is C18H23N3O5S. The van der Waals surface area contributed by atoms with Gasteiger partial charge in [-0.25, -0.2) is 13.2 Å². The first-order chi connectivity index (χ1) is 12.7. The van der Waals surface area contributed by atoms with Gasteiger partial charge in [0.1, 0.15) is 12.1 Å². The standard InChI is InChI=1S/C18H23N3O5S/c1-18(9-7-13-5-3-2-4-6-13)16(23)21(17(24)20-18)11-15(22)19-14-8-10-27(25,26)12-14/h2-6,14H,7-12H2,1H3,(H,19,22)(H,20,24)/t14-,18-/m0/s1. The molecule has 1 aromatic carbocycles. The minimum absolute atomic E-state index is 0.0403. The van der Waals surface area contributed by atoms with Gasteiger partial charge in [-0.2, -0.15) is 0 Å². The monoisotopic (exact) mass is 393 g/mol. The molecule has 146 valence electrons. The molecule has 27 heavy (non-hydrogen) atoms. The highest BCUT2D eigenvalue weighted by molar-refractivity contribution is 7.91. The average Bonchev–Trinajstić information content (AvgIpc) is 3.05. The summed E-state index contributed by atoms with van der Waals surface area (Å²) in [5.41, 5.74) is -0.0106. The second-order valence-electron chi connectivity index (χ2n) is 7.31. The lowest BCUT2D eigenvalue weighted by Crippen LogP contribution is -2.46. The Morgan fingerprint density at radius 2 is 2.00 bits per heavy atom. The molecule has 8 nitrogen and oxygen atoms in total. The molecule has 2 saturated heterocycles. The summed E-state index contributed by atoms with van der Waals surface area (Å²) in [6.45, 7) is 1.24. The number of carbonyl (C=O) groups is 3. The third-order valence-electron chi connectivity index (χ3n) is 5.00. The van der Waals surface area contributed by atoms with Gasteiger partial charge in [0.15, 0.2) is 9.84 Å². The first kappa shape index (κ1) is 19.3. The predicted molar refractivity (Wildman–Crippen MR) is 98.6 cm³/mol. The molecule has 0 aromatic heterocycles. The van der Waals surface area contributed by atoms with Crippen molar-refractivity contribution in [1.82, 2.24) is 15.5 Å². The number of rotatable bonds is 6. The fourth-order valence-corrected chi connectivity index (χ4v) is 5.10. The topological polar surface area (TPSA) is 113 Å². The molecule has 2 fully saturated rings. The number of amides is 4. The summed E-state index contributed by atoms with van der Waals surface area (Å²) in [5.74, 6) is -1.04. The van der Waals surface area contributed by atoms with Crippen molar-refractivity contribution in [2.45, 2.75) is 37.8 Å². The summed E-state index contributed by atoms with van der Waals surface area (Å²) in [6, 6.07) is 8.55. The quantitative estimate of drug-likeness (QED) is 0.672. The van der Waals surface area contributed by atoms with Crippen molar-refractivity contribution in [1.29, 1.82) is 0 Å². The molecular weight excluding hydrogens is 370 g/mol. The lowest BCUT2D eigenvalue weighted by molar-refractivity contribution is -0.134. The number of aryl methyl sites for hydroxylation is 1. The second kappa shape index (κ2) is 7.30. The first-order valence-electron chi connectivity index (χ1n) is 8.86. The zero-order valence-electron chi connectivity index (χ0n) is 15.1. The first-order valence-corrected chi connectivity index (χ1v) is 10.7. The highest BCUT2D eigenvalue weighted by Gasteiger charge is 2.48. The molecule has 0 spiro atoms. The van der Waals surface area contributed by atoms with E-state index < -0.39 is 45.8 Å². The number of nitrogens with one attached hydrogen (secondary N) is 2. The Hall–Kier alpha value is -2.42. The van der Waals surface area contributed by atoms with Crippen molar-refractivity contribution in [3.8, 4) is 0 Å². The minimum Gasteiger partial charge on any atom is -0.351 e. The zero-order chi connectivity index (χ0) is 19.7. The van der Waals surface area contributed by atoms with E-state index in [1.165, 1.54) is 0 Å². The van der Waals surface area contributed by atoms with Crippen LogP contribution in [0.3, 0.4) is 0 Å². The van der Waals surface area contributed by atoms with Gasteiger partial charge in [-0.05, 0) is 31.7 Å². The van der Waals surface area contributed by atoms with Crippen molar-refractivity contribution in [3.63, 3.8) is 0 Å². The normalized spacial score (nSPS) is 26.9. The summed E-state index contributed by atoms with van der Waals surface area (Å²) in [6.07, 6.45) is 1.38. The van der Waals surface area contributed by atoms with Crippen molar-refractivity contribution < 1.29 is 22.8 Å². The fourth-order valence-electron chi connectivity index (χ4n) is 3.42. The van der Waals surface area contributed by atoms with E-state index in [0.29, 0.717) is 19.3 Å². The number of benzene rings is 1. The van der Waals surface area contributed by atoms with Crippen molar-refractivity contribution in [2.75, 3.05) is 18.1 Å². The van der Waals surface area contributed by atoms with Gasteiger partial charge in [0.05, 0.1) is 11.5 Å². The molecule has 2 aliphatic heterocycles. The summed E-state index contributed by atoms with van der Waals surface area (Å²) in [7, 11) is -3.12. The maximum Gasteiger partial charge on any atom is 0.325 e. The minimum atomic E-state index is -3.12. The highest BCUT2D eigenvalue weighted by atomic mass is 32.2. The molecule has 9 heteroatoms. The summed E-state index contributed by atoms with van der Waals surface area (Å²) < 4.78 is 22.9. The number of hydrogen-bond acceptors (Lipinski definition) is 5. The SMILES string of the molecule is C[C@@]1(CCc2ccccc2)NC(=O)N(CC(=O)N[C@H]2CCS(=O)(=O)C2)C1=O. The molecule has 2 atom stereocenters. The third kappa shape index (κ3) is 4.47. The number of nitrogens with zero attached hydrogens (tertiary/aromatic N) is 1. The number of hydrogen-bond donors (Lipinski definition) is 2. The Morgan fingerprint density at radius 1 is 1.30 bits per heavy atom. The number of imide groups is 1. The van der Waals surface area contributed by atoms with Gasteiger partial charge in [0, 0.05) is 6.04 Å². The van der Waals surface area contributed by atoms with Crippen LogP contribution < -0.4 is 10.6 Å². The van der Waals surface area contributed by atoms with Crippen LogP contribution in [0.2, 0.25) is 0 Å². The van der Waals surface area contributed by atoms with E-state index in [2.05, 4.69) is 10.6 Å². The van der Waals surface area contributed by atoms with Gasteiger partial charge >= 0.3 is 6.03 Å². The van der Waals surface area contributed by atoms with Crippen LogP contribution in [0, 0.1) is 0 Å². The third-order valence-corrected chi connectivity index (χ3v) is 6.77. The molecule has 0 saturated carbocycles. The molecule has 3 rings (SSSR count). The van der Waals surface area contributed by atoms with E-state index in [0.717, 1.165) is 10.5 Å². The van der Waals surface area contributed by atoms with Gasteiger partial charge in [-0.15, -0.1) is 0 Å². The van der Waals surface area contributed by atoms with Crippen LogP contribution in [0.4, 0.5) is 4.79 Å². The van der Waals surface area contributed by atoms with E-state index in [4.69, 9.17) is 0 Å². The van der Waals surface area contributed by atoms with Crippen LogP contribution in [0.25, 0.3) is 0 Å². The van der Waals surface area contributed by atoms with Gasteiger partial charge in [-0.3, -0.25) is 14.5 Å². The molecule has 0 aliphatic carbocycles. The van der Waals surface area contributed by atoms with Gasteiger partial charge in [0.2, 0.25) is 5.91 Å². The second-order valence-corrected chi connectivity index (χ2v) is 9.54. The van der Waals surface area contributed by atoms with Gasteiger partial charge in [0.25, 0.3) is 5.91 Å². The predicted octanol–water partition coefficient (Wildman–Crippen LogP) is 0.233. The molecule has 0 unspecified atom stereocenters. The molecule has 0 bridgehead atoms. The summed E-state index contributed by atoms with van der Waals surface area (Å²) in [5, 5.41) is 5.27. The fraction of sp³-hybridized carbons (Fsp3) is 0.500. The van der Waals surface area contributed by atoms with Crippen molar-refractivity contribution >= 4 is 27.7 Å². The van der Waals surface area contributed by atoms with Gasteiger partial charge < -0.3 is 10.6 Å². The number of urea groups is 1. The van der Waals surface area contributed by atoms with E-state index >= 15 is 0 Å². The maximum absolute atomic E-state index is 12.7. The smallest absolute Gasteiger partial charge is 0.325 e. The van der Waals surface area contributed by atoms with Crippen LogP contribution in [-0.4, -0.2) is 60.8 Å². The van der Waals surface area contributed by atoms with Crippen molar-refractivity contribution in [2.24, 2.45) is 0 Å². The van der Waals surface area contributed by atoms with E-state index in [1.54, 1.807) is 6.92 Å². The molecule has 1 aromatic rings. The lowest BCUT2D eigenvalue weighted by atomic mass is 9.93. The molecule has 0 radical (unpaired) electrons. The Balaban J connectivity index is 1.57. The van der Waals surface area contributed by atoms with Crippen LogP contribution in [0.15, 0.2) is 30.3 Å². The molecule has 2 N–H and O–H groups in total. The van der Waals surface area contributed by atoms with Crippen LogP contribution in [-0.2, 0) is 25.8 Å². The van der Waals surface area contributed by atoms with E-state index in [9.17, 15) is 22.8 Å². The van der Waals surface area contributed by atoms with Crippen LogP contribution in [0.5, 0.6) is 0 Å². The average molecular weight is 393 g/mol. The Kier molecular flexibility index (Phi) is 5.23. The van der Waals surface area contributed by atoms with Crippen LogP contribution >= 0.6 is 0 Å². The summed E-state index contributed by atoms with van der Waals surface area (Å²) in [4.78, 5) is 38.0. The summed E-state index contributed by atoms with van der Waals surface area (Å²) >= 11 is 0. The Bertz CT molecular complexity index is 855. The van der Waals surface area contributed by atoms with Crippen LogP contribution in [0.1, 0.15) is 25.3 Å². The lowest BCUT2D eigenvalue weighted by Gasteiger charge is -2.21. The Morgan fingerprint density at radius 3 is 2.63 bits per heavy atom. The van der Waals surface area contributed by atoms with E-state index in [1.807, 2.05) is 30.3 Å². The largest absolute Gasteiger partial charge is 0.351 e. The van der Waals surface area contributed by atoms with Crippen molar-refractivity contribution in [3.05, 3.63) is 35.9 Å². The zero-order valence-corrected chi connectivity index (χ0v) is 15.9. The Labute approximate surface area is 158 Å². The van der Waals surface area contributed by atoms with Gasteiger partial charge in [-0.1, -0.05) is 30.3 Å².